The van der Waals surface area contributed by atoms with E-state index in [1.165, 1.54) is 0 Å². The molecule has 104 valence electrons. The lowest BCUT2D eigenvalue weighted by molar-refractivity contribution is -0.119. The molecule has 0 aliphatic heterocycles. The van der Waals surface area contributed by atoms with Crippen LogP contribution in [0.3, 0.4) is 0 Å². The van der Waals surface area contributed by atoms with Crippen molar-refractivity contribution in [2.24, 2.45) is 5.92 Å². The molecule has 0 atom stereocenters. The van der Waals surface area contributed by atoms with Crippen molar-refractivity contribution in [3.05, 3.63) is 26.2 Å². The summed E-state index contributed by atoms with van der Waals surface area (Å²) in [5.74, 6) is 0.567. The number of anilines is 1. The number of rotatable bonds is 5. The van der Waals surface area contributed by atoms with Crippen molar-refractivity contribution in [3.8, 4) is 0 Å². The topological polar surface area (TPSA) is 38.3 Å². The summed E-state index contributed by atoms with van der Waals surface area (Å²) in [6.07, 6.45) is 2.98. The number of benzene rings is 1. The van der Waals surface area contributed by atoms with Gasteiger partial charge in [0.2, 0.25) is 5.91 Å². The van der Waals surface area contributed by atoms with Gasteiger partial charge in [-0.15, -0.1) is 0 Å². The van der Waals surface area contributed by atoms with E-state index in [4.69, 9.17) is 4.74 Å². The van der Waals surface area contributed by atoms with Gasteiger partial charge in [-0.3, -0.25) is 4.79 Å². The van der Waals surface area contributed by atoms with E-state index in [9.17, 15) is 4.79 Å². The first-order valence-electron chi connectivity index (χ1n) is 6.45. The Bertz CT molecular complexity index is 461. The Kier molecular flexibility index (Phi) is 5.65. The molecular weight excluding hydrogens is 421 g/mol. The van der Waals surface area contributed by atoms with Crippen LogP contribution in [0.25, 0.3) is 0 Å². The third kappa shape index (κ3) is 4.43. The fourth-order valence-corrected chi connectivity index (χ4v) is 2.98. The Labute approximate surface area is 135 Å². The summed E-state index contributed by atoms with van der Waals surface area (Å²) in [5, 5.41) is 2.94. The van der Waals surface area contributed by atoms with E-state index < -0.39 is 0 Å². The highest BCUT2D eigenvalue weighted by Gasteiger charge is 2.30. The largest absolute Gasteiger partial charge is 0.378 e. The fraction of sp³-hybridized carbons (Fsp3) is 0.500. The molecule has 1 aromatic rings. The molecule has 0 spiro atoms. The van der Waals surface area contributed by atoms with Crippen LogP contribution in [0.2, 0.25) is 0 Å². The monoisotopic (exact) mass is 437 g/mol. The molecule has 0 unspecified atom stereocenters. The van der Waals surface area contributed by atoms with Gasteiger partial charge in [0.05, 0.1) is 6.10 Å². The number of halogens is 2. The SMILES string of the molecule is CCOC1CC(CC(=O)Nc2ccc(I)c(Br)c2)C1. The normalized spacial score (nSPS) is 21.8. The zero-order valence-electron chi connectivity index (χ0n) is 10.8. The standard InChI is InChI=1S/C14H17BrINO2/c1-2-19-11-5-9(6-11)7-14(18)17-10-3-4-13(16)12(15)8-10/h3-4,8-9,11H,2,5-7H2,1H3,(H,17,18). The molecular formula is C14H17BrINO2. The fourth-order valence-electron chi connectivity index (χ4n) is 2.26. The van der Waals surface area contributed by atoms with Crippen LogP contribution in [0.15, 0.2) is 22.7 Å². The van der Waals surface area contributed by atoms with Crippen LogP contribution in [0.4, 0.5) is 5.69 Å². The highest BCUT2D eigenvalue weighted by molar-refractivity contribution is 14.1. The van der Waals surface area contributed by atoms with Gasteiger partial charge in [0.1, 0.15) is 0 Å². The van der Waals surface area contributed by atoms with Gasteiger partial charge in [0, 0.05) is 26.8 Å². The molecule has 0 radical (unpaired) electrons. The molecule has 1 aliphatic rings. The van der Waals surface area contributed by atoms with Crippen molar-refractivity contribution in [1.29, 1.82) is 0 Å². The van der Waals surface area contributed by atoms with Crippen molar-refractivity contribution >= 4 is 50.1 Å². The van der Waals surface area contributed by atoms with Crippen LogP contribution in [0, 0.1) is 9.49 Å². The first kappa shape index (κ1) is 15.3. The average molecular weight is 438 g/mol. The summed E-state index contributed by atoms with van der Waals surface area (Å²) in [6.45, 7) is 2.77. The Morgan fingerprint density at radius 2 is 2.26 bits per heavy atom. The number of ether oxygens (including phenoxy) is 1. The van der Waals surface area contributed by atoms with Gasteiger partial charge in [0.15, 0.2) is 0 Å². The molecule has 0 aromatic heterocycles. The first-order valence-corrected chi connectivity index (χ1v) is 8.32. The molecule has 1 aromatic carbocycles. The quantitative estimate of drug-likeness (QED) is 0.701. The molecule has 1 fully saturated rings. The van der Waals surface area contributed by atoms with Gasteiger partial charge < -0.3 is 10.1 Å². The Hall–Kier alpha value is -0.140. The van der Waals surface area contributed by atoms with E-state index in [1.54, 1.807) is 0 Å². The molecule has 1 aliphatic carbocycles. The van der Waals surface area contributed by atoms with Crippen molar-refractivity contribution in [2.45, 2.75) is 32.3 Å². The van der Waals surface area contributed by atoms with Gasteiger partial charge in [-0.2, -0.15) is 0 Å². The molecule has 1 N–H and O–H groups in total. The Balaban J connectivity index is 1.77. The number of carbonyl (C=O) groups excluding carboxylic acids is 1. The smallest absolute Gasteiger partial charge is 0.224 e. The third-order valence-corrected chi connectivity index (χ3v) is 5.61. The molecule has 0 heterocycles. The third-order valence-electron chi connectivity index (χ3n) is 3.27. The van der Waals surface area contributed by atoms with Gasteiger partial charge in [-0.1, -0.05) is 0 Å². The minimum Gasteiger partial charge on any atom is -0.378 e. The van der Waals surface area contributed by atoms with Crippen molar-refractivity contribution < 1.29 is 9.53 Å². The lowest BCUT2D eigenvalue weighted by Gasteiger charge is -2.34. The minimum atomic E-state index is 0.0908. The number of carbonyl (C=O) groups is 1. The molecule has 5 heteroatoms. The first-order chi connectivity index (χ1) is 9.08. The highest BCUT2D eigenvalue weighted by atomic mass is 127. The van der Waals surface area contributed by atoms with Crippen LogP contribution in [-0.2, 0) is 9.53 Å². The zero-order chi connectivity index (χ0) is 13.8. The van der Waals surface area contributed by atoms with E-state index in [0.717, 1.165) is 33.2 Å². The van der Waals surface area contributed by atoms with Gasteiger partial charge in [-0.05, 0) is 82.4 Å². The summed E-state index contributed by atoms with van der Waals surface area (Å²) < 4.78 is 7.64. The van der Waals surface area contributed by atoms with Crippen molar-refractivity contribution in [3.63, 3.8) is 0 Å². The molecule has 2 rings (SSSR count). The van der Waals surface area contributed by atoms with Crippen LogP contribution in [-0.4, -0.2) is 18.6 Å². The maximum Gasteiger partial charge on any atom is 0.224 e. The Morgan fingerprint density at radius 3 is 2.89 bits per heavy atom. The molecule has 1 amide bonds. The number of hydrogen-bond donors (Lipinski definition) is 1. The molecule has 3 nitrogen and oxygen atoms in total. The molecule has 0 saturated heterocycles. The number of hydrogen-bond acceptors (Lipinski definition) is 2. The van der Waals surface area contributed by atoms with Crippen molar-refractivity contribution in [1.82, 2.24) is 0 Å². The lowest BCUT2D eigenvalue weighted by Crippen LogP contribution is -2.33. The van der Waals surface area contributed by atoms with Crippen LogP contribution in [0.5, 0.6) is 0 Å². The van der Waals surface area contributed by atoms with E-state index in [2.05, 4.69) is 43.8 Å². The van der Waals surface area contributed by atoms with E-state index in [-0.39, 0.29) is 5.91 Å². The summed E-state index contributed by atoms with van der Waals surface area (Å²) >= 11 is 5.71. The second-order valence-electron chi connectivity index (χ2n) is 4.80. The molecule has 0 bridgehead atoms. The predicted octanol–water partition coefficient (Wildman–Crippen LogP) is 4.20. The maximum absolute atomic E-state index is 11.9. The van der Waals surface area contributed by atoms with Crippen LogP contribution >= 0.6 is 38.5 Å². The van der Waals surface area contributed by atoms with E-state index in [1.807, 2.05) is 25.1 Å². The van der Waals surface area contributed by atoms with E-state index in [0.29, 0.717) is 18.4 Å². The highest BCUT2D eigenvalue weighted by Crippen LogP contribution is 2.33. The molecule has 19 heavy (non-hydrogen) atoms. The summed E-state index contributed by atoms with van der Waals surface area (Å²) in [6, 6.07) is 5.84. The second kappa shape index (κ2) is 7.04. The summed E-state index contributed by atoms with van der Waals surface area (Å²) in [4.78, 5) is 11.9. The number of nitrogens with one attached hydrogen (secondary N) is 1. The van der Waals surface area contributed by atoms with Gasteiger partial charge in [0.25, 0.3) is 0 Å². The van der Waals surface area contributed by atoms with Crippen molar-refractivity contribution in [2.75, 3.05) is 11.9 Å². The number of amides is 1. The molecule has 1 saturated carbocycles. The zero-order valence-corrected chi connectivity index (χ0v) is 14.5. The maximum atomic E-state index is 11.9. The van der Waals surface area contributed by atoms with E-state index >= 15 is 0 Å². The minimum absolute atomic E-state index is 0.0908. The lowest BCUT2D eigenvalue weighted by atomic mass is 9.80. The van der Waals surface area contributed by atoms with Crippen LogP contribution in [0.1, 0.15) is 26.2 Å². The van der Waals surface area contributed by atoms with Crippen LogP contribution < -0.4 is 5.32 Å². The Morgan fingerprint density at radius 1 is 1.53 bits per heavy atom. The van der Waals surface area contributed by atoms with Gasteiger partial charge in [-0.25, -0.2) is 0 Å². The summed E-state index contributed by atoms with van der Waals surface area (Å²) in [5.41, 5.74) is 0.845. The van der Waals surface area contributed by atoms with Gasteiger partial charge >= 0.3 is 0 Å². The predicted molar refractivity (Wildman–Crippen MR) is 88.2 cm³/mol. The summed E-state index contributed by atoms with van der Waals surface area (Å²) in [7, 11) is 0. The second-order valence-corrected chi connectivity index (χ2v) is 6.81. The average Bonchev–Trinajstić information content (AvgIpc) is 2.31.